The molecule has 0 saturated heterocycles. The molecule has 0 spiro atoms. The largest absolute Gasteiger partial charge is 0.360 e. The first kappa shape index (κ1) is 12.3. The number of para-hydroxylation sites is 1. The Labute approximate surface area is 119 Å². The molecule has 0 aliphatic carbocycles. The van der Waals surface area contributed by atoms with Crippen LogP contribution in [0.4, 0.5) is 0 Å². The number of amides is 1. The first-order valence-electron chi connectivity index (χ1n) is 5.82. The molecule has 0 saturated carbocycles. The number of nitrogens with one attached hydrogen (secondary N) is 2. The standard InChI is InChI=1S/C14H11ClN2OS/c15-13-6-5-9(19-13)7-17-14(18)11-8-16-12-4-2-1-3-10(11)12/h1-6,8,16H,7H2,(H,17,18). The average Bonchev–Trinajstić information content (AvgIpc) is 3.02. The van der Waals surface area contributed by atoms with Crippen LogP contribution in [-0.4, -0.2) is 10.9 Å². The van der Waals surface area contributed by atoms with E-state index in [1.807, 2.05) is 36.4 Å². The first-order chi connectivity index (χ1) is 9.24. The minimum atomic E-state index is -0.0815. The molecule has 5 heteroatoms. The molecule has 0 atom stereocenters. The van der Waals surface area contributed by atoms with E-state index >= 15 is 0 Å². The maximum atomic E-state index is 12.1. The molecule has 1 aromatic carbocycles. The molecule has 0 aliphatic heterocycles. The summed E-state index contributed by atoms with van der Waals surface area (Å²) in [6, 6.07) is 11.5. The van der Waals surface area contributed by atoms with Gasteiger partial charge in [-0.3, -0.25) is 4.79 Å². The van der Waals surface area contributed by atoms with Crippen molar-refractivity contribution < 1.29 is 4.79 Å². The van der Waals surface area contributed by atoms with Gasteiger partial charge in [-0.1, -0.05) is 29.8 Å². The van der Waals surface area contributed by atoms with Crippen molar-refractivity contribution in [2.24, 2.45) is 0 Å². The number of carbonyl (C=O) groups excluding carboxylic acids is 1. The average molecular weight is 291 g/mol. The number of hydrogen-bond acceptors (Lipinski definition) is 2. The minimum absolute atomic E-state index is 0.0815. The molecule has 1 amide bonds. The Hall–Kier alpha value is -1.78. The van der Waals surface area contributed by atoms with Crippen molar-refractivity contribution in [3.63, 3.8) is 0 Å². The molecular formula is C14H11ClN2OS. The van der Waals surface area contributed by atoms with Gasteiger partial charge in [0.05, 0.1) is 16.4 Å². The topological polar surface area (TPSA) is 44.9 Å². The highest BCUT2D eigenvalue weighted by atomic mass is 35.5. The first-order valence-corrected chi connectivity index (χ1v) is 7.02. The SMILES string of the molecule is O=C(NCc1ccc(Cl)s1)c1c[nH]c2ccccc12. The molecular weight excluding hydrogens is 280 g/mol. The molecule has 0 fully saturated rings. The van der Waals surface area contributed by atoms with Gasteiger partial charge in [0, 0.05) is 22.0 Å². The van der Waals surface area contributed by atoms with Gasteiger partial charge < -0.3 is 10.3 Å². The van der Waals surface area contributed by atoms with Crippen molar-refractivity contribution in [3.05, 3.63) is 57.4 Å². The van der Waals surface area contributed by atoms with Crippen LogP contribution in [0.25, 0.3) is 10.9 Å². The number of aromatic nitrogens is 1. The molecule has 2 aromatic heterocycles. The van der Waals surface area contributed by atoms with Crippen molar-refractivity contribution in [2.75, 3.05) is 0 Å². The second kappa shape index (κ2) is 5.07. The lowest BCUT2D eigenvalue weighted by Crippen LogP contribution is -2.21. The summed E-state index contributed by atoms with van der Waals surface area (Å²) in [7, 11) is 0. The van der Waals surface area contributed by atoms with E-state index in [0.717, 1.165) is 20.1 Å². The monoisotopic (exact) mass is 290 g/mol. The predicted octanol–water partition coefficient (Wildman–Crippen LogP) is 3.81. The lowest BCUT2D eigenvalue weighted by molar-refractivity contribution is 0.0953. The van der Waals surface area contributed by atoms with Gasteiger partial charge >= 0.3 is 0 Å². The van der Waals surface area contributed by atoms with Crippen LogP contribution < -0.4 is 5.32 Å². The highest BCUT2D eigenvalue weighted by molar-refractivity contribution is 7.16. The zero-order valence-electron chi connectivity index (χ0n) is 9.94. The Morgan fingerprint density at radius 1 is 1.26 bits per heavy atom. The van der Waals surface area contributed by atoms with E-state index in [2.05, 4.69) is 10.3 Å². The lowest BCUT2D eigenvalue weighted by atomic mass is 10.1. The number of benzene rings is 1. The minimum Gasteiger partial charge on any atom is -0.360 e. The van der Waals surface area contributed by atoms with Crippen LogP contribution in [0.15, 0.2) is 42.6 Å². The highest BCUT2D eigenvalue weighted by Crippen LogP contribution is 2.21. The normalized spacial score (nSPS) is 10.8. The van der Waals surface area contributed by atoms with E-state index < -0.39 is 0 Å². The number of fused-ring (bicyclic) bond motifs is 1. The summed E-state index contributed by atoms with van der Waals surface area (Å²) in [5.74, 6) is -0.0815. The molecule has 96 valence electrons. The number of carbonyl (C=O) groups is 1. The van der Waals surface area contributed by atoms with Gasteiger partial charge in [0.15, 0.2) is 0 Å². The van der Waals surface area contributed by atoms with Crippen LogP contribution in [0.5, 0.6) is 0 Å². The van der Waals surface area contributed by atoms with Crippen molar-refractivity contribution in [1.29, 1.82) is 0 Å². The summed E-state index contributed by atoms with van der Waals surface area (Å²) in [4.78, 5) is 16.3. The molecule has 3 nitrogen and oxygen atoms in total. The molecule has 19 heavy (non-hydrogen) atoms. The second-order valence-electron chi connectivity index (χ2n) is 4.14. The van der Waals surface area contributed by atoms with Gasteiger partial charge in [0.25, 0.3) is 5.91 Å². The third kappa shape index (κ3) is 2.50. The number of hydrogen-bond donors (Lipinski definition) is 2. The fraction of sp³-hybridized carbons (Fsp3) is 0.0714. The summed E-state index contributed by atoms with van der Waals surface area (Å²) in [5, 5.41) is 3.83. The number of halogens is 1. The van der Waals surface area contributed by atoms with Crippen LogP contribution in [-0.2, 0) is 6.54 Å². The maximum Gasteiger partial charge on any atom is 0.253 e. The Balaban J connectivity index is 1.77. The van der Waals surface area contributed by atoms with Crippen molar-refractivity contribution >= 4 is 39.7 Å². The van der Waals surface area contributed by atoms with Crippen LogP contribution >= 0.6 is 22.9 Å². The van der Waals surface area contributed by atoms with E-state index in [1.165, 1.54) is 11.3 Å². The summed E-state index contributed by atoms with van der Waals surface area (Å²) in [5.41, 5.74) is 1.63. The Morgan fingerprint density at radius 3 is 2.89 bits per heavy atom. The van der Waals surface area contributed by atoms with Gasteiger partial charge in [0.1, 0.15) is 0 Å². The smallest absolute Gasteiger partial charge is 0.253 e. The number of H-pyrrole nitrogens is 1. The Morgan fingerprint density at radius 2 is 2.11 bits per heavy atom. The summed E-state index contributed by atoms with van der Waals surface area (Å²) >= 11 is 7.33. The van der Waals surface area contributed by atoms with E-state index in [9.17, 15) is 4.79 Å². The van der Waals surface area contributed by atoms with Crippen LogP contribution in [0.1, 0.15) is 15.2 Å². The molecule has 2 heterocycles. The predicted molar refractivity (Wildman–Crippen MR) is 78.8 cm³/mol. The molecule has 0 aliphatic rings. The van der Waals surface area contributed by atoms with Crippen molar-refractivity contribution in [2.45, 2.75) is 6.54 Å². The highest BCUT2D eigenvalue weighted by Gasteiger charge is 2.11. The third-order valence-corrected chi connectivity index (χ3v) is 4.12. The van der Waals surface area contributed by atoms with Gasteiger partial charge in [-0.05, 0) is 18.2 Å². The fourth-order valence-corrected chi connectivity index (χ4v) is 3.00. The zero-order chi connectivity index (χ0) is 13.2. The van der Waals surface area contributed by atoms with E-state index in [0.29, 0.717) is 12.1 Å². The fourth-order valence-electron chi connectivity index (χ4n) is 1.97. The van der Waals surface area contributed by atoms with Gasteiger partial charge in [-0.25, -0.2) is 0 Å². The van der Waals surface area contributed by atoms with Gasteiger partial charge in [-0.15, -0.1) is 11.3 Å². The molecule has 0 radical (unpaired) electrons. The molecule has 3 aromatic rings. The second-order valence-corrected chi connectivity index (χ2v) is 5.94. The van der Waals surface area contributed by atoms with Crippen LogP contribution in [0.2, 0.25) is 4.34 Å². The molecule has 0 unspecified atom stereocenters. The number of thiophene rings is 1. The van der Waals surface area contributed by atoms with Crippen molar-refractivity contribution in [1.82, 2.24) is 10.3 Å². The Bertz CT molecular complexity index is 732. The quantitative estimate of drug-likeness (QED) is 0.757. The number of aromatic amines is 1. The molecule has 2 N–H and O–H groups in total. The lowest BCUT2D eigenvalue weighted by Gasteiger charge is -2.02. The Kier molecular flexibility index (Phi) is 3.27. The van der Waals surface area contributed by atoms with Gasteiger partial charge in [-0.2, -0.15) is 0 Å². The summed E-state index contributed by atoms with van der Waals surface area (Å²) < 4.78 is 0.733. The number of rotatable bonds is 3. The van der Waals surface area contributed by atoms with Crippen LogP contribution in [0, 0.1) is 0 Å². The van der Waals surface area contributed by atoms with E-state index in [1.54, 1.807) is 6.20 Å². The molecule has 0 bridgehead atoms. The van der Waals surface area contributed by atoms with Crippen molar-refractivity contribution in [3.8, 4) is 0 Å². The summed E-state index contributed by atoms with van der Waals surface area (Å²) in [6.45, 7) is 0.496. The zero-order valence-corrected chi connectivity index (χ0v) is 11.5. The van der Waals surface area contributed by atoms with E-state index in [-0.39, 0.29) is 5.91 Å². The third-order valence-electron chi connectivity index (χ3n) is 2.89. The molecule has 3 rings (SSSR count). The summed E-state index contributed by atoms with van der Waals surface area (Å²) in [6.07, 6.45) is 1.74. The van der Waals surface area contributed by atoms with Gasteiger partial charge in [0.2, 0.25) is 0 Å². The van der Waals surface area contributed by atoms with E-state index in [4.69, 9.17) is 11.6 Å². The maximum absolute atomic E-state index is 12.1. The van der Waals surface area contributed by atoms with Crippen LogP contribution in [0.3, 0.4) is 0 Å².